The van der Waals surface area contributed by atoms with E-state index in [-0.39, 0.29) is 16.8 Å². The predicted molar refractivity (Wildman–Crippen MR) is 81.4 cm³/mol. The summed E-state index contributed by atoms with van der Waals surface area (Å²) < 4.78 is 40.5. The third-order valence-electron chi connectivity index (χ3n) is 3.92. The third kappa shape index (κ3) is 3.56. The van der Waals surface area contributed by atoms with E-state index in [1.54, 1.807) is 6.07 Å². The Bertz CT molecular complexity index is 609. The molecule has 1 unspecified atom stereocenters. The number of piperidine rings is 1. The Morgan fingerprint density at radius 1 is 1.48 bits per heavy atom. The molecule has 0 amide bonds. The van der Waals surface area contributed by atoms with Gasteiger partial charge in [-0.2, -0.15) is 4.31 Å². The highest BCUT2D eigenvalue weighted by molar-refractivity contribution is 7.89. The summed E-state index contributed by atoms with van der Waals surface area (Å²) in [5, 5.41) is 0. The van der Waals surface area contributed by atoms with E-state index in [1.165, 1.54) is 23.5 Å². The zero-order valence-electron chi connectivity index (χ0n) is 12.2. The van der Waals surface area contributed by atoms with Crippen molar-refractivity contribution in [1.82, 2.24) is 9.21 Å². The standard InChI is InChI=1S/C14H20ClFN2O2S/c1-17-7-3-4-12(10-17)18(2)21(19,20)14-6-5-11(9-15)8-13(14)16/h5-6,8,12H,3-4,7,9-10H2,1-2H3. The zero-order valence-corrected chi connectivity index (χ0v) is 13.8. The molecule has 0 saturated carbocycles. The van der Waals surface area contributed by atoms with Gasteiger partial charge in [-0.3, -0.25) is 0 Å². The van der Waals surface area contributed by atoms with Crippen LogP contribution in [0.5, 0.6) is 0 Å². The first-order valence-corrected chi connectivity index (χ1v) is 8.84. The smallest absolute Gasteiger partial charge is 0.246 e. The summed E-state index contributed by atoms with van der Waals surface area (Å²) in [6, 6.07) is 3.90. The minimum absolute atomic E-state index is 0.124. The molecular formula is C14H20ClFN2O2S. The predicted octanol–water partition coefficient (Wildman–Crippen LogP) is 2.28. The number of likely N-dealkylation sites (N-methyl/N-ethyl adjacent to an activating group) is 2. The molecule has 1 fully saturated rings. The first kappa shape index (κ1) is 16.7. The lowest BCUT2D eigenvalue weighted by Gasteiger charge is -2.35. The third-order valence-corrected chi connectivity index (χ3v) is 6.17. The molecular weight excluding hydrogens is 315 g/mol. The van der Waals surface area contributed by atoms with Crippen LogP contribution in [0.2, 0.25) is 0 Å². The van der Waals surface area contributed by atoms with Crippen LogP contribution in [0.4, 0.5) is 4.39 Å². The number of alkyl halides is 1. The van der Waals surface area contributed by atoms with E-state index >= 15 is 0 Å². The topological polar surface area (TPSA) is 40.6 Å². The van der Waals surface area contributed by atoms with Gasteiger partial charge in [0, 0.05) is 25.5 Å². The van der Waals surface area contributed by atoms with Gasteiger partial charge in [0.15, 0.2) is 0 Å². The number of halogens is 2. The molecule has 1 saturated heterocycles. The molecule has 118 valence electrons. The van der Waals surface area contributed by atoms with Crippen LogP contribution in [0.25, 0.3) is 0 Å². The lowest BCUT2D eigenvalue weighted by atomic mass is 10.1. The fourth-order valence-corrected chi connectivity index (χ4v) is 4.21. The van der Waals surface area contributed by atoms with Crippen molar-refractivity contribution >= 4 is 21.6 Å². The highest BCUT2D eigenvalue weighted by Crippen LogP contribution is 2.24. The average Bonchev–Trinajstić information content (AvgIpc) is 2.45. The van der Waals surface area contributed by atoms with Crippen molar-refractivity contribution in [3.05, 3.63) is 29.6 Å². The molecule has 1 aliphatic heterocycles. The van der Waals surface area contributed by atoms with Gasteiger partial charge in [-0.05, 0) is 44.1 Å². The Kier molecular flexibility index (Phi) is 5.24. The van der Waals surface area contributed by atoms with E-state index in [4.69, 9.17) is 11.6 Å². The Hall–Kier alpha value is -0.690. The van der Waals surface area contributed by atoms with Crippen molar-refractivity contribution < 1.29 is 12.8 Å². The number of hydrogen-bond acceptors (Lipinski definition) is 3. The minimum Gasteiger partial charge on any atom is -0.305 e. The Morgan fingerprint density at radius 3 is 2.76 bits per heavy atom. The number of nitrogens with zero attached hydrogens (tertiary/aromatic N) is 2. The number of benzene rings is 1. The SMILES string of the molecule is CN1CCCC(N(C)S(=O)(=O)c2ccc(CCl)cc2F)C1. The molecule has 2 rings (SSSR count). The Balaban J connectivity index is 2.28. The van der Waals surface area contributed by atoms with Crippen LogP contribution in [-0.4, -0.2) is 50.8 Å². The first-order chi connectivity index (χ1) is 9.86. The van der Waals surface area contributed by atoms with Gasteiger partial charge in [-0.15, -0.1) is 11.6 Å². The highest BCUT2D eigenvalue weighted by Gasteiger charge is 2.32. The van der Waals surface area contributed by atoms with E-state index in [9.17, 15) is 12.8 Å². The van der Waals surface area contributed by atoms with Gasteiger partial charge >= 0.3 is 0 Å². The monoisotopic (exact) mass is 334 g/mol. The average molecular weight is 335 g/mol. The van der Waals surface area contributed by atoms with Gasteiger partial charge in [0.25, 0.3) is 0 Å². The highest BCUT2D eigenvalue weighted by atomic mass is 35.5. The van der Waals surface area contributed by atoms with E-state index in [0.717, 1.165) is 19.4 Å². The number of rotatable bonds is 4. The lowest BCUT2D eigenvalue weighted by Crippen LogP contribution is -2.47. The largest absolute Gasteiger partial charge is 0.305 e. The van der Waals surface area contributed by atoms with Crippen molar-refractivity contribution in [2.24, 2.45) is 0 Å². The molecule has 0 aliphatic carbocycles. The summed E-state index contributed by atoms with van der Waals surface area (Å²) in [5.41, 5.74) is 0.563. The maximum Gasteiger partial charge on any atom is 0.246 e. The molecule has 0 radical (unpaired) electrons. The van der Waals surface area contributed by atoms with Gasteiger partial charge in [0.2, 0.25) is 10.0 Å². The van der Waals surface area contributed by atoms with Crippen LogP contribution in [0.1, 0.15) is 18.4 Å². The summed E-state index contributed by atoms with van der Waals surface area (Å²) in [5.74, 6) is -0.593. The van der Waals surface area contributed by atoms with Crippen LogP contribution in [0.15, 0.2) is 23.1 Å². The van der Waals surface area contributed by atoms with E-state index in [0.29, 0.717) is 12.1 Å². The van der Waals surface area contributed by atoms with Crippen LogP contribution in [0, 0.1) is 5.82 Å². The molecule has 1 aromatic rings. The molecule has 0 spiro atoms. The molecule has 1 aliphatic rings. The molecule has 0 bridgehead atoms. The lowest BCUT2D eigenvalue weighted by molar-refractivity contribution is 0.187. The van der Waals surface area contributed by atoms with E-state index < -0.39 is 15.8 Å². The molecule has 1 atom stereocenters. The van der Waals surface area contributed by atoms with Crippen LogP contribution < -0.4 is 0 Å². The second-order valence-electron chi connectivity index (χ2n) is 5.48. The Labute approximate surface area is 130 Å². The van der Waals surface area contributed by atoms with Crippen molar-refractivity contribution in [1.29, 1.82) is 0 Å². The minimum atomic E-state index is -3.83. The van der Waals surface area contributed by atoms with E-state index in [1.807, 2.05) is 7.05 Å². The normalized spacial score (nSPS) is 20.9. The van der Waals surface area contributed by atoms with Gasteiger partial charge in [0.1, 0.15) is 10.7 Å². The van der Waals surface area contributed by atoms with Crippen LogP contribution in [0.3, 0.4) is 0 Å². The second-order valence-corrected chi connectivity index (χ2v) is 7.71. The summed E-state index contributed by atoms with van der Waals surface area (Å²) in [4.78, 5) is 1.81. The number of hydrogen-bond donors (Lipinski definition) is 0. The number of likely N-dealkylation sites (tertiary alicyclic amines) is 1. The summed E-state index contributed by atoms with van der Waals surface area (Å²) >= 11 is 5.63. The first-order valence-electron chi connectivity index (χ1n) is 6.87. The fraction of sp³-hybridized carbons (Fsp3) is 0.571. The summed E-state index contributed by atoms with van der Waals surface area (Å²) in [6.07, 6.45) is 1.73. The molecule has 0 aromatic heterocycles. The van der Waals surface area contributed by atoms with Gasteiger partial charge in [-0.1, -0.05) is 6.07 Å². The van der Waals surface area contributed by atoms with Crippen LogP contribution >= 0.6 is 11.6 Å². The molecule has 1 heterocycles. The van der Waals surface area contributed by atoms with E-state index in [2.05, 4.69) is 4.90 Å². The summed E-state index contributed by atoms with van der Waals surface area (Å²) in [7, 11) is -0.346. The number of sulfonamides is 1. The second kappa shape index (κ2) is 6.60. The van der Waals surface area contributed by atoms with Gasteiger partial charge < -0.3 is 4.90 Å². The maximum atomic E-state index is 14.1. The van der Waals surface area contributed by atoms with Gasteiger partial charge in [-0.25, -0.2) is 12.8 Å². The quantitative estimate of drug-likeness (QED) is 0.793. The van der Waals surface area contributed by atoms with Gasteiger partial charge in [0.05, 0.1) is 0 Å². The maximum absolute atomic E-state index is 14.1. The van der Waals surface area contributed by atoms with Crippen molar-refractivity contribution in [3.8, 4) is 0 Å². The van der Waals surface area contributed by atoms with Crippen LogP contribution in [-0.2, 0) is 15.9 Å². The van der Waals surface area contributed by atoms with Crippen molar-refractivity contribution in [3.63, 3.8) is 0 Å². The molecule has 1 aromatic carbocycles. The molecule has 0 N–H and O–H groups in total. The molecule has 4 nitrogen and oxygen atoms in total. The zero-order chi connectivity index (χ0) is 15.6. The molecule has 7 heteroatoms. The fourth-order valence-electron chi connectivity index (χ4n) is 2.62. The molecule has 21 heavy (non-hydrogen) atoms. The van der Waals surface area contributed by atoms with Crippen molar-refractivity contribution in [2.75, 3.05) is 27.2 Å². The summed E-state index contributed by atoms with van der Waals surface area (Å²) in [6.45, 7) is 1.63. The Morgan fingerprint density at radius 2 is 2.19 bits per heavy atom. The van der Waals surface area contributed by atoms with Crippen molar-refractivity contribution in [2.45, 2.75) is 29.7 Å².